The van der Waals surface area contributed by atoms with Gasteiger partial charge < -0.3 is 80.9 Å². The molecule has 0 saturated carbocycles. The Balaban J connectivity index is 1.86. The van der Waals surface area contributed by atoms with Gasteiger partial charge in [-0.15, -0.1) is 0 Å². The van der Waals surface area contributed by atoms with E-state index in [-0.39, 0.29) is 31.6 Å². The molecule has 3 rings (SSSR count). The van der Waals surface area contributed by atoms with E-state index < -0.39 is 147 Å². The van der Waals surface area contributed by atoms with Crippen molar-refractivity contribution in [3.8, 4) is 0 Å². The predicted molar refractivity (Wildman–Crippen MR) is 237 cm³/mol. The van der Waals surface area contributed by atoms with E-state index in [0.29, 0.717) is 0 Å². The zero-order valence-corrected chi connectivity index (χ0v) is 37.6. The highest BCUT2D eigenvalue weighted by atomic mass is 16.7. The molecule has 19 atom stereocenters. The molecule has 368 valence electrons. The van der Waals surface area contributed by atoms with Gasteiger partial charge in [-0.25, -0.2) is 0 Å². The first-order valence-electron chi connectivity index (χ1n) is 22.3. The Bertz CT molecular complexity index is 1670. The molecule has 18 nitrogen and oxygen atoms in total. The summed E-state index contributed by atoms with van der Waals surface area (Å²) in [5, 5.41) is 118. The maximum Gasteiger partial charge on any atom is 0.311 e. The van der Waals surface area contributed by atoms with E-state index in [2.05, 4.69) is 0 Å². The number of nitrogens with two attached hydrogens (primary N) is 1. The number of aliphatic hydroxyl groups is 10. The molecule has 13 N–H and O–H groups in total. The summed E-state index contributed by atoms with van der Waals surface area (Å²) in [5.41, 5.74) is 6.02. The van der Waals surface area contributed by atoms with Crippen molar-refractivity contribution in [3.63, 3.8) is 0 Å². The molecule has 0 aromatic carbocycles. The summed E-state index contributed by atoms with van der Waals surface area (Å²) in [6.45, 7) is 6.74. The fourth-order valence-electron chi connectivity index (χ4n) is 7.97. The number of carboxylic acid groups (broad SMARTS) is 1. The van der Waals surface area contributed by atoms with Crippen molar-refractivity contribution in [3.05, 3.63) is 85.1 Å². The molecule has 0 aliphatic carbocycles. The number of hydrogen-bond donors (Lipinski definition) is 12. The number of aliphatic carboxylic acids is 1. The number of carbonyl (C=O) groups is 2. The van der Waals surface area contributed by atoms with Crippen LogP contribution in [-0.2, 0) is 28.5 Å². The zero-order chi connectivity index (χ0) is 48.4. The van der Waals surface area contributed by atoms with Crippen LogP contribution in [0.15, 0.2) is 85.1 Å². The number of ether oxygens (including phenoxy) is 4. The SMILES string of the molecule is C[C@@H]1[C@H](O)[C@@H](C)/C=C/C=C/C=C/C=C/C=C/C=C/C=C/[C@H](O[C@H]2O[C@@H](C)[C@@H](O)[C@@H](N)[C@@H]2O)C[C@H]2O[C@](O)(C[C@@H](O)C[C@@H](O)[C@@H](O)CC[C@@H](O)C[C@@H](O)CC(=O)O[C@H]1C)C[C@H](O)[C@@H]2C(=O)O. The third-order valence-electron chi connectivity index (χ3n) is 12.0. The Morgan fingerprint density at radius 1 is 0.662 bits per heavy atom. The van der Waals surface area contributed by atoms with Crippen molar-refractivity contribution in [2.45, 2.75) is 177 Å². The molecule has 0 amide bonds. The lowest BCUT2D eigenvalue weighted by Gasteiger charge is -2.45. The van der Waals surface area contributed by atoms with E-state index in [1.807, 2.05) is 19.1 Å². The molecule has 0 aromatic heterocycles. The average molecular weight is 924 g/mol. The Morgan fingerprint density at radius 2 is 1.23 bits per heavy atom. The fourth-order valence-corrected chi connectivity index (χ4v) is 7.97. The van der Waals surface area contributed by atoms with Crippen LogP contribution in [0.5, 0.6) is 0 Å². The molecule has 0 unspecified atom stereocenters. The smallest absolute Gasteiger partial charge is 0.311 e. The summed E-state index contributed by atoms with van der Waals surface area (Å²) < 4.78 is 23.1. The lowest BCUT2D eigenvalue weighted by atomic mass is 9.82. The van der Waals surface area contributed by atoms with Gasteiger partial charge in [-0.1, -0.05) is 98.9 Å². The minimum Gasteiger partial charge on any atom is -0.481 e. The van der Waals surface area contributed by atoms with Gasteiger partial charge in [-0.05, 0) is 33.1 Å². The van der Waals surface area contributed by atoms with Crippen molar-refractivity contribution in [1.29, 1.82) is 0 Å². The van der Waals surface area contributed by atoms with Crippen molar-refractivity contribution < 1.29 is 84.7 Å². The van der Waals surface area contributed by atoms with Crippen LogP contribution >= 0.6 is 0 Å². The third-order valence-corrected chi connectivity index (χ3v) is 12.0. The molecular formula is C47H73NO17. The molecule has 65 heavy (non-hydrogen) atoms. The summed E-state index contributed by atoms with van der Waals surface area (Å²) in [7, 11) is 0. The number of hydrogen-bond acceptors (Lipinski definition) is 17. The monoisotopic (exact) mass is 923 g/mol. The Labute approximate surface area is 381 Å². The highest BCUT2D eigenvalue weighted by Crippen LogP contribution is 2.38. The summed E-state index contributed by atoms with van der Waals surface area (Å²) in [6.07, 6.45) is 3.46. The summed E-state index contributed by atoms with van der Waals surface area (Å²) in [4.78, 5) is 25.1. The van der Waals surface area contributed by atoms with Gasteiger partial charge >= 0.3 is 11.9 Å². The number of carboxylic acids is 1. The van der Waals surface area contributed by atoms with E-state index in [1.165, 1.54) is 13.0 Å². The Morgan fingerprint density at radius 3 is 1.82 bits per heavy atom. The van der Waals surface area contributed by atoms with Crippen LogP contribution in [0.4, 0.5) is 0 Å². The van der Waals surface area contributed by atoms with E-state index in [1.54, 1.807) is 80.7 Å². The van der Waals surface area contributed by atoms with Gasteiger partial charge in [0.05, 0.1) is 79.6 Å². The molecule has 18 heteroatoms. The normalized spacial score (nSPS) is 45.5. The van der Waals surface area contributed by atoms with Crippen molar-refractivity contribution in [2.75, 3.05) is 0 Å². The number of allylic oxidation sites excluding steroid dienone is 12. The van der Waals surface area contributed by atoms with Crippen LogP contribution in [0.1, 0.15) is 79.1 Å². The van der Waals surface area contributed by atoms with Gasteiger partial charge in [0.1, 0.15) is 18.1 Å². The minimum atomic E-state index is -2.33. The first-order chi connectivity index (χ1) is 30.6. The molecular weight excluding hydrogens is 851 g/mol. The summed E-state index contributed by atoms with van der Waals surface area (Å²) in [5.74, 6) is -6.83. The predicted octanol–water partition coefficient (Wildman–Crippen LogP) is 0.712. The average Bonchev–Trinajstić information content (AvgIpc) is 3.21. The highest BCUT2D eigenvalue weighted by Gasteiger charge is 2.51. The molecule has 3 aliphatic rings. The first-order valence-corrected chi connectivity index (χ1v) is 22.3. The zero-order valence-electron chi connectivity index (χ0n) is 37.6. The number of fused-ring (bicyclic) bond motifs is 2. The molecule has 3 aliphatic heterocycles. The lowest BCUT2D eigenvalue weighted by molar-refractivity contribution is -0.308. The highest BCUT2D eigenvalue weighted by molar-refractivity contribution is 5.71. The van der Waals surface area contributed by atoms with Crippen molar-refractivity contribution >= 4 is 11.9 Å². The second kappa shape index (κ2) is 27.4. The molecule has 2 fully saturated rings. The number of rotatable bonds is 3. The Kier molecular flexibility index (Phi) is 23.6. The van der Waals surface area contributed by atoms with E-state index >= 15 is 0 Å². The molecule has 3 heterocycles. The van der Waals surface area contributed by atoms with Gasteiger partial charge in [-0.2, -0.15) is 0 Å². The van der Waals surface area contributed by atoms with Gasteiger partial charge in [-0.3, -0.25) is 9.59 Å². The second-order valence-corrected chi connectivity index (χ2v) is 17.6. The van der Waals surface area contributed by atoms with Crippen LogP contribution in [0, 0.1) is 17.8 Å². The number of cyclic esters (lactones) is 1. The maximum atomic E-state index is 12.6. The van der Waals surface area contributed by atoms with Crippen LogP contribution in [0.25, 0.3) is 0 Å². The maximum absolute atomic E-state index is 12.6. The number of esters is 1. The van der Waals surface area contributed by atoms with Gasteiger partial charge in [0.15, 0.2) is 12.1 Å². The van der Waals surface area contributed by atoms with Crippen molar-refractivity contribution in [2.24, 2.45) is 23.5 Å². The van der Waals surface area contributed by atoms with Crippen LogP contribution in [-0.4, -0.2) is 166 Å². The fraction of sp³-hybridized carbons (Fsp3) is 0.660. The van der Waals surface area contributed by atoms with E-state index in [0.717, 1.165) is 0 Å². The summed E-state index contributed by atoms with van der Waals surface area (Å²) in [6, 6.07) is -1.15. The van der Waals surface area contributed by atoms with Crippen molar-refractivity contribution in [1.82, 2.24) is 0 Å². The topological polar surface area (TPSA) is 320 Å². The minimum absolute atomic E-state index is 0.107. The summed E-state index contributed by atoms with van der Waals surface area (Å²) >= 11 is 0. The quantitative estimate of drug-likeness (QED) is 0.174. The number of aliphatic hydroxyl groups excluding tert-OH is 9. The standard InChI is InChI=1S/C47H73NO17/c1-27-17-15-13-11-9-7-5-6-8-10-12-14-16-18-34(64-46-44(58)41(48)43(57)30(4)63-46)24-38-40(45(59)60)37(54)26-47(61,65-38)25-33(51)22-36(53)35(52)20-19-31(49)21-32(50)23-39(55)62-29(3)28(2)42(27)56/h5-18,27-38,40-44,46,49-54,56-58,61H,19-26,48H2,1-4H3,(H,59,60)/b6-5+,9-7+,10-8+,13-11+,14-12+,17-15+,18-16+/t27-,28-,29-,30-,31+,32+,33-,34-,35-,36+,37-,38+,40-,41+,42+,43+,44-,46+,47+/m0/s1. The van der Waals surface area contributed by atoms with Gasteiger partial charge in [0.25, 0.3) is 0 Å². The largest absolute Gasteiger partial charge is 0.481 e. The van der Waals surface area contributed by atoms with E-state index in [4.69, 9.17) is 24.7 Å². The van der Waals surface area contributed by atoms with Crippen LogP contribution in [0.2, 0.25) is 0 Å². The van der Waals surface area contributed by atoms with Gasteiger partial charge in [0.2, 0.25) is 0 Å². The lowest BCUT2D eigenvalue weighted by Crippen LogP contribution is -2.61. The molecule has 0 spiro atoms. The molecule has 0 radical (unpaired) electrons. The molecule has 0 aromatic rings. The molecule has 2 bridgehead atoms. The van der Waals surface area contributed by atoms with Gasteiger partial charge in [0, 0.05) is 37.5 Å². The first kappa shape index (κ1) is 55.9. The van der Waals surface area contributed by atoms with E-state index in [9.17, 15) is 65.8 Å². The van der Waals surface area contributed by atoms with Crippen LogP contribution < -0.4 is 5.73 Å². The third kappa shape index (κ3) is 18.6. The van der Waals surface area contributed by atoms with Crippen LogP contribution in [0.3, 0.4) is 0 Å². The number of carbonyl (C=O) groups excluding carboxylic acids is 1. The second-order valence-electron chi connectivity index (χ2n) is 17.6. The molecule has 2 saturated heterocycles. The Hall–Kier alpha value is -3.44.